The highest BCUT2D eigenvalue weighted by molar-refractivity contribution is 5.29. The number of aromatic nitrogens is 2. The van der Waals surface area contributed by atoms with Crippen LogP contribution in [0.3, 0.4) is 0 Å². The number of hydrogen-bond donors (Lipinski definition) is 1. The van der Waals surface area contributed by atoms with Gasteiger partial charge in [0.1, 0.15) is 5.75 Å². The minimum atomic E-state index is 0.379. The van der Waals surface area contributed by atoms with Crippen molar-refractivity contribution in [3.05, 3.63) is 48.0 Å². The summed E-state index contributed by atoms with van der Waals surface area (Å²) in [5.74, 6) is 0.900. The van der Waals surface area contributed by atoms with E-state index in [1.807, 2.05) is 30.1 Å². The SMILES string of the molecule is CCC(NCCc1cn(C)cn1)c1ccc(OC)cc1. The number of rotatable bonds is 7. The lowest BCUT2D eigenvalue weighted by molar-refractivity contribution is 0.414. The topological polar surface area (TPSA) is 39.1 Å². The molecule has 20 heavy (non-hydrogen) atoms. The van der Waals surface area contributed by atoms with Crippen LogP contribution in [0.1, 0.15) is 30.6 Å². The van der Waals surface area contributed by atoms with Gasteiger partial charge in [-0.25, -0.2) is 4.98 Å². The van der Waals surface area contributed by atoms with Crippen molar-refractivity contribution in [3.8, 4) is 5.75 Å². The van der Waals surface area contributed by atoms with Crippen molar-refractivity contribution in [2.24, 2.45) is 7.05 Å². The summed E-state index contributed by atoms with van der Waals surface area (Å²) in [5, 5.41) is 3.59. The van der Waals surface area contributed by atoms with E-state index in [1.165, 1.54) is 5.56 Å². The van der Waals surface area contributed by atoms with E-state index in [0.29, 0.717) is 6.04 Å². The Labute approximate surface area is 120 Å². The first-order valence-corrected chi connectivity index (χ1v) is 7.07. The lowest BCUT2D eigenvalue weighted by Gasteiger charge is -2.17. The molecule has 0 saturated carbocycles. The lowest BCUT2D eigenvalue weighted by Crippen LogP contribution is -2.23. The highest BCUT2D eigenvalue weighted by atomic mass is 16.5. The van der Waals surface area contributed by atoms with Crippen LogP contribution in [0.15, 0.2) is 36.8 Å². The maximum Gasteiger partial charge on any atom is 0.118 e. The fourth-order valence-electron chi connectivity index (χ4n) is 2.30. The molecule has 1 N–H and O–H groups in total. The minimum absolute atomic E-state index is 0.379. The zero-order chi connectivity index (χ0) is 14.4. The first-order valence-electron chi connectivity index (χ1n) is 7.07. The van der Waals surface area contributed by atoms with Gasteiger partial charge in [0.05, 0.1) is 19.1 Å². The summed E-state index contributed by atoms with van der Waals surface area (Å²) in [4.78, 5) is 4.34. The van der Waals surface area contributed by atoms with Crippen molar-refractivity contribution >= 4 is 0 Å². The third-order valence-electron chi connectivity index (χ3n) is 3.46. The number of nitrogens with one attached hydrogen (secondary N) is 1. The van der Waals surface area contributed by atoms with E-state index in [-0.39, 0.29) is 0 Å². The van der Waals surface area contributed by atoms with Crippen molar-refractivity contribution in [3.63, 3.8) is 0 Å². The molecule has 1 atom stereocenters. The molecule has 2 rings (SSSR count). The van der Waals surface area contributed by atoms with Gasteiger partial charge in [-0.05, 0) is 24.1 Å². The van der Waals surface area contributed by atoms with Crippen LogP contribution in [0.5, 0.6) is 5.75 Å². The first-order chi connectivity index (χ1) is 9.72. The Hall–Kier alpha value is -1.81. The minimum Gasteiger partial charge on any atom is -0.497 e. The van der Waals surface area contributed by atoms with Gasteiger partial charge in [-0.15, -0.1) is 0 Å². The van der Waals surface area contributed by atoms with E-state index in [1.54, 1.807) is 7.11 Å². The summed E-state index contributed by atoms with van der Waals surface area (Å²) in [6.07, 6.45) is 5.92. The van der Waals surface area contributed by atoms with E-state index < -0.39 is 0 Å². The molecular weight excluding hydrogens is 250 g/mol. The van der Waals surface area contributed by atoms with Crippen molar-refractivity contribution in [1.29, 1.82) is 0 Å². The quantitative estimate of drug-likeness (QED) is 0.843. The summed E-state index contributed by atoms with van der Waals surface area (Å²) in [5.41, 5.74) is 2.43. The number of aryl methyl sites for hydroxylation is 1. The largest absolute Gasteiger partial charge is 0.497 e. The second-order valence-corrected chi connectivity index (χ2v) is 4.97. The highest BCUT2D eigenvalue weighted by Gasteiger charge is 2.08. The highest BCUT2D eigenvalue weighted by Crippen LogP contribution is 2.19. The second-order valence-electron chi connectivity index (χ2n) is 4.97. The Morgan fingerprint density at radius 1 is 1.30 bits per heavy atom. The molecule has 108 valence electrons. The summed E-state index contributed by atoms with van der Waals surface area (Å²) < 4.78 is 7.18. The summed E-state index contributed by atoms with van der Waals surface area (Å²) in [6.45, 7) is 3.13. The van der Waals surface area contributed by atoms with Crippen LogP contribution >= 0.6 is 0 Å². The molecule has 0 saturated heterocycles. The van der Waals surface area contributed by atoms with Crippen molar-refractivity contribution in [2.45, 2.75) is 25.8 Å². The molecule has 2 aromatic rings. The zero-order valence-corrected chi connectivity index (χ0v) is 12.5. The molecule has 4 heteroatoms. The molecule has 0 radical (unpaired) electrons. The van der Waals surface area contributed by atoms with Gasteiger partial charge in [-0.3, -0.25) is 0 Å². The number of ether oxygens (including phenoxy) is 1. The van der Waals surface area contributed by atoms with Crippen LogP contribution in [0.4, 0.5) is 0 Å². The molecule has 0 aliphatic carbocycles. The molecule has 0 amide bonds. The van der Waals surface area contributed by atoms with Crippen LogP contribution in [-0.4, -0.2) is 23.2 Å². The van der Waals surface area contributed by atoms with Crippen molar-refractivity contribution in [2.75, 3.05) is 13.7 Å². The number of benzene rings is 1. The van der Waals surface area contributed by atoms with E-state index in [9.17, 15) is 0 Å². The van der Waals surface area contributed by atoms with Crippen LogP contribution in [0.2, 0.25) is 0 Å². The van der Waals surface area contributed by atoms with Gasteiger partial charge in [0.2, 0.25) is 0 Å². The van der Waals surface area contributed by atoms with Gasteiger partial charge in [0.25, 0.3) is 0 Å². The third kappa shape index (κ3) is 3.84. The Kier molecular flexibility index (Phi) is 5.18. The van der Waals surface area contributed by atoms with E-state index in [2.05, 4.69) is 35.6 Å². The predicted octanol–water partition coefficient (Wildman–Crippen LogP) is 2.71. The van der Waals surface area contributed by atoms with Crippen molar-refractivity contribution < 1.29 is 4.74 Å². The fourth-order valence-corrected chi connectivity index (χ4v) is 2.30. The molecule has 1 heterocycles. The van der Waals surface area contributed by atoms with Gasteiger partial charge in [-0.1, -0.05) is 19.1 Å². The average molecular weight is 273 g/mol. The molecule has 1 aromatic carbocycles. The summed E-state index contributed by atoms with van der Waals surface area (Å²) >= 11 is 0. The number of imidazole rings is 1. The van der Waals surface area contributed by atoms with Gasteiger partial charge in [0.15, 0.2) is 0 Å². The molecule has 0 bridgehead atoms. The molecule has 1 unspecified atom stereocenters. The Bertz CT molecular complexity index is 519. The van der Waals surface area contributed by atoms with E-state index in [4.69, 9.17) is 4.74 Å². The molecule has 4 nitrogen and oxygen atoms in total. The fraction of sp³-hybridized carbons (Fsp3) is 0.438. The molecule has 0 spiro atoms. The maximum atomic E-state index is 5.19. The summed E-state index contributed by atoms with van der Waals surface area (Å²) in [6, 6.07) is 8.66. The molecule has 0 fully saturated rings. The lowest BCUT2D eigenvalue weighted by atomic mass is 10.0. The van der Waals surface area contributed by atoms with Crippen LogP contribution in [0.25, 0.3) is 0 Å². The Morgan fingerprint density at radius 3 is 2.60 bits per heavy atom. The van der Waals surface area contributed by atoms with Gasteiger partial charge < -0.3 is 14.6 Å². The average Bonchev–Trinajstić information content (AvgIpc) is 2.89. The number of hydrogen-bond acceptors (Lipinski definition) is 3. The summed E-state index contributed by atoms with van der Waals surface area (Å²) in [7, 11) is 3.69. The normalized spacial score (nSPS) is 12.3. The van der Waals surface area contributed by atoms with Crippen molar-refractivity contribution in [1.82, 2.24) is 14.9 Å². The van der Waals surface area contributed by atoms with E-state index in [0.717, 1.165) is 30.8 Å². The second kappa shape index (κ2) is 7.10. The molecule has 1 aromatic heterocycles. The van der Waals surface area contributed by atoms with Crippen LogP contribution < -0.4 is 10.1 Å². The van der Waals surface area contributed by atoms with Crippen LogP contribution in [-0.2, 0) is 13.5 Å². The molecule has 0 aliphatic heterocycles. The maximum absolute atomic E-state index is 5.19. The van der Waals surface area contributed by atoms with Gasteiger partial charge >= 0.3 is 0 Å². The van der Waals surface area contributed by atoms with Gasteiger partial charge in [0, 0.05) is 32.3 Å². The molecular formula is C16H23N3O. The smallest absolute Gasteiger partial charge is 0.118 e. The third-order valence-corrected chi connectivity index (χ3v) is 3.46. The predicted molar refractivity (Wildman–Crippen MR) is 80.9 cm³/mol. The monoisotopic (exact) mass is 273 g/mol. The van der Waals surface area contributed by atoms with E-state index >= 15 is 0 Å². The van der Waals surface area contributed by atoms with Gasteiger partial charge in [-0.2, -0.15) is 0 Å². The first kappa shape index (κ1) is 14.6. The Morgan fingerprint density at radius 2 is 2.05 bits per heavy atom. The number of methoxy groups -OCH3 is 1. The standard InChI is InChI=1S/C16H23N3O/c1-4-16(13-5-7-15(20-3)8-6-13)17-10-9-14-11-19(2)12-18-14/h5-8,11-12,16-17H,4,9-10H2,1-3H3. The zero-order valence-electron chi connectivity index (χ0n) is 12.5. The molecule has 0 aliphatic rings. The Balaban J connectivity index is 1.88. The van der Waals surface area contributed by atoms with Crippen LogP contribution in [0, 0.1) is 0 Å². The number of nitrogens with zero attached hydrogens (tertiary/aromatic N) is 2.